The van der Waals surface area contributed by atoms with E-state index in [1.165, 1.54) is 23.5 Å². The molecule has 0 spiro atoms. The molecule has 2 rings (SSSR count). The minimum atomic E-state index is -2.84. The van der Waals surface area contributed by atoms with Crippen molar-refractivity contribution < 1.29 is 18.6 Å². The van der Waals surface area contributed by atoms with Crippen LogP contribution in [-0.2, 0) is 0 Å². The van der Waals surface area contributed by atoms with Crippen molar-refractivity contribution in [1.29, 1.82) is 0 Å². The topological polar surface area (TPSA) is 29.5 Å². The van der Waals surface area contributed by atoms with E-state index < -0.39 is 12.7 Å². The number of aliphatic hydroxyl groups is 1. The molecule has 1 unspecified atom stereocenters. The van der Waals surface area contributed by atoms with Crippen LogP contribution in [-0.4, -0.2) is 11.7 Å². The Morgan fingerprint density at radius 1 is 1.17 bits per heavy atom. The van der Waals surface area contributed by atoms with Gasteiger partial charge in [0.1, 0.15) is 11.9 Å². The number of ether oxygens (including phenoxy) is 1. The number of halogens is 3. The summed E-state index contributed by atoms with van der Waals surface area (Å²) in [6, 6.07) is 5.94. The fraction of sp³-hybridized carbons (Fsp3) is 0.167. The van der Waals surface area contributed by atoms with Gasteiger partial charge in [0.25, 0.3) is 0 Å². The van der Waals surface area contributed by atoms with Crippen molar-refractivity contribution in [3.8, 4) is 5.75 Å². The summed E-state index contributed by atoms with van der Waals surface area (Å²) in [5.41, 5.74) is 1.37. The zero-order valence-corrected chi connectivity index (χ0v) is 11.4. The predicted molar refractivity (Wildman–Crippen MR) is 69.2 cm³/mol. The molecular formula is C12H9BrF2O2S. The third-order valence-corrected chi connectivity index (χ3v) is 4.11. The summed E-state index contributed by atoms with van der Waals surface area (Å²) >= 11 is 4.81. The summed E-state index contributed by atoms with van der Waals surface area (Å²) in [6.07, 6.45) is -0.786. The fourth-order valence-electron chi connectivity index (χ4n) is 1.50. The van der Waals surface area contributed by atoms with Gasteiger partial charge in [0, 0.05) is 15.4 Å². The van der Waals surface area contributed by atoms with Crippen molar-refractivity contribution in [3.05, 3.63) is 50.6 Å². The largest absolute Gasteiger partial charge is 0.435 e. The summed E-state index contributed by atoms with van der Waals surface area (Å²) in [4.78, 5) is 0. The SMILES string of the molecule is OC(c1ccc(OC(F)F)cc1)c1cscc1Br. The number of hydrogen-bond donors (Lipinski definition) is 1. The molecule has 0 aliphatic rings. The van der Waals surface area contributed by atoms with Crippen LogP contribution >= 0.6 is 27.3 Å². The van der Waals surface area contributed by atoms with Gasteiger partial charge in [-0.15, -0.1) is 0 Å². The van der Waals surface area contributed by atoms with Gasteiger partial charge in [-0.1, -0.05) is 12.1 Å². The zero-order chi connectivity index (χ0) is 13.1. The van der Waals surface area contributed by atoms with Crippen LogP contribution in [0.3, 0.4) is 0 Å². The van der Waals surface area contributed by atoms with Crippen molar-refractivity contribution in [2.24, 2.45) is 0 Å². The Balaban J connectivity index is 2.17. The second-order valence-electron chi connectivity index (χ2n) is 3.53. The lowest BCUT2D eigenvalue weighted by atomic mass is 10.0. The maximum Gasteiger partial charge on any atom is 0.387 e. The molecule has 18 heavy (non-hydrogen) atoms. The molecule has 0 radical (unpaired) electrons. The summed E-state index contributed by atoms with van der Waals surface area (Å²) < 4.78 is 29.0. The predicted octanol–water partition coefficient (Wildman–Crippen LogP) is 4.19. The smallest absolute Gasteiger partial charge is 0.387 e. The van der Waals surface area contributed by atoms with Crippen molar-refractivity contribution in [1.82, 2.24) is 0 Å². The van der Waals surface area contributed by atoms with Gasteiger partial charge in [-0.25, -0.2) is 0 Å². The Morgan fingerprint density at radius 2 is 1.83 bits per heavy atom. The van der Waals surface area contributed by atoms with Gasteiger partial charge in [0.05, 0.1) is 0 Å². The highest BCUT2D eigenvalue weighted by Gasteiger charge is 2.14. The van der Waals surface area contributed by atoms with Crippen LogP contribution in [0.1, 0.15) is 17.2 Å². The summed E-state index contributed by atoms with van der Waals surface area (Å²) in [6.45, 7) is -2.84. The minimum absolute atomic E-state index is 0.0744. The molecule has 0 amide bonds. The molecule has 1 aromatic heterocycles. The molecule has 6 heteroatoms. The molecule has 0 saturated heterocycles. The van der Waals surface area contributed by atoms with Crippen LogP contribution in [0, 0.1) is 0 Å². The van der Waals surface area contributed by atoms with E-state index >= 15 is 0 Å². The zero-order valence-electron chi connectivity index (χ0n) is 9.02. The Labute approximate surface area is 115 Å². The van der Waals surface area contributed by atoms with E-state index in [9.17, 15) is 13.9 Å². The van der Waals surface area contributed by atoms with E-state index in [4.69, 9.17) is 0 Å². The molecule has 1 N–H and O–H groups in total. The Kier molecular flexibility index (Phi) is 4.31. The molecule has 2 aromatic rings. The number of thiophene rings is 1. The number of alkyl halides is 2. The minimum Gasteiger partial charge on any atom is -0.435 e. The molecule has 96 valence electrons. The van der Waals surface area contributed by atoms with E-state index in [0.29, 0.717) is 5.56 Å². The van der Waals surface area contributed by atoms with Crippen LogP contribution in [0.15, 0.2) is 39.5 Å². The summed E-state index contributed by atoms with van der Waals surface area (Å²) in [7, 11) is 0. The van der Waals surface area contributed by atoms with E-state index in [2.05, 4.69) is 20.7 Å². The van der Waals surface area contributed by atoms with E-state index in [1.54, 1.807) is 12.1 Å². The number of benzene rings is 1. The standard InChI is InChI=1S/C12H9BrF2O2S/c13-10-6-18-5-9(10)11(16)7-1-3-8(4-2-7)17-12(14)15/h1-6,11-12,16H. The monoisotopic (exact) mass is 334 g/mol. The van der Waals surface area contributed by atoms with Gasteiger partial charge in [-0.2, -0.15) is 20.1 Å². The van der Waals surface area contributed by atoms with E-state index in [-0.39, 0.29) is 5.75 Å². The lowest BCUT2D eigenvalue weighted by molar-refractivity contribution is -0.0498. The van der Waals surface area contributed by atoms with Crippen molar-refractivity contribution in [3.63, 3.8) is 0 Å². The molecule has 0 aliphatic heterocycles. The van der Waals surface area contributed by atoms with Gasteiger partial charge >= 0.3 is 6.61 Å². The van der Waals surface area contributed by atoms with Gasteiger partial charge in [-0.05, 0) is 39.0 Å². The fourth-order valence-corrected chi connectivity index (χ4v) is 3.03. The van der Waals surface area contributed by atoms with Gasteiger partial charge < -0.3 is 9.84 Å². The second kappa shape index (κ2) is 5.77. The molecule has 1 atom stereocenters. The molecular weight excluding hydrogens is 326 g/mol. The highest BCUT2D eigenvalue weighted by atomic mass is 79.9. The molecule has 1 aromatic carbocycles. The summed E-state index contributed by atoms with van der Waals surface area (Å²) in [5, 5.41) is 13.8. The third kappa shape index (κ3) is 3.07. The average molecular weight is 335 g/mol. The van der Waals surface area contributed by atoms with Gasteiger partial charge in [0.15, 0.2) is 0 Å². The van der Waals surface area contributed by atoms with Crippen molar-refractivity contribution in [2.45, 2.75) is 12.7 Å². The van der Waals surface area contributed by atoms with Crippen molar-refractivity contribution >= 4 is 27.3 Å². The average Bonchev–Trinajstić information content (AvgIpc) is 2.75. The van der Waals surface area contributed by atoms with Crippen LogP contribution in [0.2, 0.25) is 0 Å². The number of aliphatic hydroxyl groups excluding tert-OH is 1. The Hall–Kier alpha value is -0.980. The first-order valence-corrected chi connectivity index (χ1v) is 6.76. The number of rotatable bonds is 4. The lowest BCUT2D eigenvalue weighted by Gasteiger charge is -2.11. The molecule has 1 heterocycles. The lowest BCUT2D eigenvalue weighted by Crippen LogP contribution is -2.03. The molecule has 0 aliphatic carbocycles. The third-order valence-electron chi connectivity index (χ3n) is 2.36. The maximum absolute atomic E-state index is 12.0. The first kappa shape index (κ1) is 13.5. The molecule has 0 fully saturated rings. The van der Waals surface area contributed by atoms with Gasteiger partial charge in [0.2, 0.25) is 0 Å². The highest BCUT2D eigenvalue weighted by Crippen LogP contribution is 2.32. The second-order valence-corrected chi connectivity index (χ2v) is 5.12. The van der Waals surface area contributed by atoms with E-state index in [1.807, 2.05) is 10.8 Å². The normalized spacial score (nSPS) is 12.7. The summed E-state index contributed by atoms with van der Waals surface area (Å²) in [5.74, 6) is 0.0744. The van der Waals surface area contributed by atoms with Crippen LogP contribution in [0.4, 0.5) is 8.78 Å². The molecule has 0 saturated carbocycles. The molecule has 0 bridgehead atoms. The van der Waals surface area contributed by atoms with Gasteiger partial charge in [-0.3, -0.25) is 0 Å². The molecule has 2 nitrogen and oxygen atoms in total. The van der Waals surface area contributed by atoms with Crippen LogP contribution in [0.25, 0.3) is 0 Å². The first-order chi connectivity index (χ1) is 8.58. The maximum atomic E-state index is 12.0. The van der Waals surface area contributed by atoms with Crippen molar-refractivity contribution in [2.75, 3.05) is 0 Å². The Bertz CT molecular complexity index is 513. The van der Waals surface area contributed by atoms with E-state index in [0.717, 1.165) is 10.0 Å². The first-order valence-electron chi connectivity index (χ1n) is 5.02. The number of hydrogen-bond acceptors (Lipinski definition) is 3. The van der Waals surface area contributed by atoms with Crippen LogP contribution < -0.4 is 4.74 Å². The Morgan fingerprint density at radius 3 is 2.33 bits per heavy atom. The van der Waals surface area contributed by atoms with Crippen LogP contribution in [0.5, 0.6) is 5.75 Å². The quantitative estimate of drug-likeness (QED) is 0.908. The highest BCUT2D eigenvalue weighted by molar-refractivity contribution is 9.10.